The third kappa shape index (κ3) is 5.20. The van der Waals surface area contributed by atoms with Gasteiger partial charge in [0.2, 0.25) is 0 Å². The Labute approximate surface area is 123 Å². The molecule has 0 radical (unpaired) electrons. The molecule has 5 heteroatoms. The molecule has 0 aromatic rings. The quantitative estimate of drug-likeness (QED) is 0.849. The predicted octanol–water partition coefficient (Wildman–Crippen LogP) is 3.17. The van der Waals surface area contributed by atoms with Gasteiger partial charge in [-0.2, -0.15) is 0 Å². The van der Waals surface area contributed by atoms with Gasteiger partial charge in [0.05, 0.1) is 0 Å². The Kier molecular flexibility index (Phi) is 8.07. The van der Waals surface area contributed by atoms with Crippen molar-refractivity contribution in [1.82, 2.24) is 4.90 Å². The zero-order valence-electron chi connectivity index (χ0n) is 11.2. The van der Waals surface area contributed by atoms with E-state index >= 15 is 0 Å². The molecule has 1 aliphatic carbocycles. The van der Waals surface area contributed by atoms with E-state index < -0.39 is 5.67 Å². The van der Waals surface area contributed by atoms with Gasteiger partial charge in [-0.05, 0) is 57.5 Å². The Hall–Kier alpha value is 0.430. The van der Waals surface area contributed by atoms with E-state index in [0.717, 1.165) is 57.5 Å². The molecule has 18 heavy (non-hydrogen) atoms. The standard InChI is InChI=1S/C13H25FN2.2ClH/c1-11-2-6-13(14,7-3-11)10-16-8-4-12(15)5-9-16;;/h11-12H,2-10,15H2,1H3;2*1H. The summed E-state index contributed by atoms with van der Waals surface area (Å²) < 4.78 is 14.6. The van der Waals surface area contributed by atoms with Crippen LogP contribution in [-0.4, -0.2) is 36.2 Å². The Morgan fingerprint density at radius 2 is 1.61 bits per heavy atom. The van der Waals surface area contributed by atoms with Crippen LogP contribution in [-0.2, 0) is 0 Å². The number of nitrogens with zero attached hydrogens (tertiary/aromatic N) is 1. The number of hydrogen-bond donors (Lipinski definition) is 1. The maximum atomic E-state index is 14.6. The molecule has 0 bridgehead atoms. The third-order valence-corrected chi connectivity index (χ3v) is 4.31. The molecule has 0 unspecified atom stereocenters. The molecule has 1 heterocycles. The monoisotopic (exact) mass is 300 g/mol. The summed E-state index contributed by atoms with van der Waals surface area (Å²) in [6.45, 7) is 4.86. The Balaban J connectivity index is 0.00000144. The first-order valence-electron chi connectivity index (χ1n) is 6.74. The molecule has 0 amide bonds. The topological polar surface area (TPSA) is 29.3 Å². The lowest BCUT2D eigenvalue weighted by molar-refractivity contribution is 0.0344. The van der Waals surface area contributed by atoms with Gasteiger partial charge in [0, 0.05) is 12.6 Å². The largest absolute Gasteiger partial charge is 0.328 e. The smallest absolute Gasteiger partial charge is 0.123 e. The average Bonchev–Trinajstić information content (AvgIpc) is 2.27. The summed E-state index contributed by atoms with van der Waals surface area (Å²) in [6, 6.07) is 0.346. The molecule has 2 rings (SSSR count). The zero-order valence-corrected chi connectivity index (χ0v) is 12.9. The van der Waals surface area contributed by atoms with E-state index in [1.165, 1.54) is 0 Å². The normalized spacial score (nSPS) is 34.5. The van der Waals surface area contributed by atoms with Crippen LogP contribution in [0.25, 0.3) is 0 Å². The minimum atomic E-state index is -0.909. The van der Waals surface area contributed by atoms with Crippen molar-refractivity contribution in [1.29, 1.82) is 0 Å². The summed E-state index contributed by atoms with van der Waals surface area (Å²) in [4.78, 5) is 2.28. The summed E-state index contributed by atoms with van der Waals surface area (Å²) in [6.07, 6.45) is 5.71. The van der Waals surface area contributed by atoms with Gasteiger partial charge >= 0.3 is 0 Å². The highest BCUT2D eigenvalue weighted by molar-refractivity contribution is 5.85. The van der Waals surface area contributed by atoms with Crippen LogP contribution >= 0.6 is 24.8 Å². The van der Waals surface area contributed by atoms with Crippen LogP contribution in [0.1, 0.15) is 45.4 Å². The molecule has 1 aliphatic heterocycles. The molecule has 0 aromatic heterocycles. The Bertz CT molecular complexity index is 225. The van der Waals surface area contributed by atoms with Crippen molar-refractivity contribution >= 4 is 24.8 Å². The summed E-state index contributed by atoms with van der Waals surface area (Å²) in [5, 5.41) is 0. The summed E-state index contributed by atoms with van der Waals surface area (Å²) >= 11 is 0. The van der Waals surface area contributed by atoms with E-state index in [9.17, 15) is 4.39 Å². The lowest BCUT2D eigenvalue weighted by atomic mass is 9.80. The summed E-state index contributed by atoms with van der Waals surface area (Å²) in [5.74, 6) is 0.721. The number of alkyl halides is 1. The van der Waals surface area contributed by atoms with Crippen LogP contribution in [0, 0.1) is 5.92 Å². The SMILES string of the molecule is CC1CCC(F)(CN2CCC(N)CC2)CC1.Cl.Cl. The molecule has 110 valence electrons. The van der Waals surface area contributed by atoms with Crippen molar-refractivity contribution in [2.24, 2.45) is 11.7 Å². The Morgan fingerprint density at radius 3 is 2.11 bits per heavy atom. The minimum absolute atomic E-state index is 0. The molecule has 0 atom stereocenters. The van der Waals surface area contributed by atoms with Crippen LogP contribution in [0.5, 0.6) is 0 Å². The van der Waals surface area contributed by atoms with Crippen LogP contribution in [0.2, 0.25) is 0 Å². The van der Waals surface area contributed by atoms with Gasteiger partial charge in [0.25, 0.3) is 0 Å². The zero-order chi connectivity index (χ0) is 11.6. The lowest BCUT2D eigenvalue weighted by Crippen LogP contribution is -2.47. The maximum absolute atomic E-state index is 14.6. The number of halogens is 3. The predicted molar refractivity (Wildman–Crippen MR) is 79.6 cm³/mol. The van der Waals surface area contributed by atoms with Crippen LogP contribution in [0.3, 0.4) is 0 Å². The fraction of sp³-hybridized carbons (Fsp3) is 1.00. The van der Waals surface area contributed by atoms with Crippen molar-refractivity contribution < 1.29 is 4.39 Å². The van der Waals surface area contributed by atoms with Gasteiger partial charge in [-0.25, -0.2) is 4.39 Å². The molecule has 2 aliphatic rings. The molecule has 1 saturated carbocycles. The molecule has 0 spiro atoms. The van der Waals surface area contributed by atoms with E-state index in [1.54, 1.807) is 0 Å². The highest BCUT2D eigenvalue weighted by Gasteiger charge is 2.36. The number of nitrogens with two attached hydrogens (primary N) is 1. The van der Waals surface area contributed by atoms with Crippen LogP contribution < -0.4 is 5.73 Å². The first-order valence-corrected chi connectivity index (χ1v) is 6.74. The second-order valence-electron chi connectivity index (χ2n) is 5.95. The van der Waals surface area contributed by atoms with Crippen molar-refractivity contribution in [2.75, 3.05) is 19.6 Å². The molecule has 0 aromatic carbocycles. The van der Waals surface area contributed by atoms with Gasteiger partial charge < -0.3 is 10.6 Å². The highest BCUT2D eigenvalue weighted by atomic mass is 35.5. The molecular formula is C13H27Cl2FN2. The van der Waals surface area contributed by atoms with E-state index in [2.05, 4.69) is 11.8 Å². The van der Waals surface area contributed by atoms with E-state index in [-0.39, 0.29) is 24.8 Å². The van der Waals surface area contributed by atoms with Crippen LogP contribution in [0.15, 0.2) is 0 Å². The second-order valence-corrected chi connectivity index (χ2v) is 5.95. The lowest BCUT2D eigenvalue weighted by Gasteiger charge is -2.39. The fourth-order valence-electron chi connectivity index (χ4n) is 2.95. The first-order chi connectivity index (χ1) is 7.57. The van der Waals surface area contributed by atoms with Gasteiger partial charge in [0.1, 0.15) is 5.67 Å². The van der Waals surface area contributed by atoms with Crippen molar-refractivity contribution in [3.63, 3.8) is 0 Å². The van der Waals surface area contributed by atoms with Crippen LogP contribution in [0.4, 0.5) is 4.39 Å². The van der Waals surface area contributed by atoms with Crippen molar-refractivity contribution in [2.45, 2.75) is 57.2 Å². The third-order valence-electron chi connectivity index (χ3n) is 4.31. The molecule has 2 nitrogen and oxygen atoms in total. The number of piperidine rings is 1. The van der Waals surface area contributed by atoms with E-state index in [4.69, 9.17) is 5.73 Å². The average molecular weight is 301 g/mol. The second kappa shape index (κ2) is 7.88. The minimum Gasteiger partial charge on any atom is -0.328 e. The molecule has 2 N–H and O–H groups in total. The van der Waals surface area contributed by atoms with Gasteiger partial charge in [0.15, 0.2) is 0 Å². The molecule has 1 saturated heterocycles. The van der Waals surface area contributed by atoms with Crippen molar-refractivity contribution in [3.05, 3.63) is 0 Å². The number of rotatable bonds is 2. The summed E-state index contributed by atoms with van der Waals surface area (Å²) in [5.41, 5.74) is 4.95. The van der Waals surface area contributed by atoms with Gasteiger partial charge in [-0.3, -0.25) is 0 Å². The van der Waals surface area contributed by atoms with Gasteiger partial charge in [-0.1, -0.05) is 6.92 Å². The van der Waals surface area contributed by atoms with Gasteiger partial charge in [-0.15, -0.1) is 24.8 Å². The fourth-order valence-corrected chi connectivity index (χ4v) is 2.95. The van der Waals surface area contributed by atoms with Crippen molar-refractivity contribution in [3.8, 4) is 0 Å². The number of hydrogen-bond acceptors (Lipinski definition) is 2. The molecular weight excluding hydrogens is 274 g/mol. The maximum Gasteiger partial charge on any atom is 0.123 e. The molecule has 2 fully saturated rings. The first kappa shape index (κ1) is 18.4. The van der Waals surface area contributed by atoms with E-state index in [1.807, 2.05) is 0 Å². The summed E-state index contributed by atoms with van der Waals surface area (Å²) in [7, 11) is 0. The highest BCUT2D eigenvalue weighted by Crippen LogP contribution is 2.35. The Morgan fingerprint density at radius 1 is 1.11 bits per heavy atom. The number of likely N-dealkylation sites (tertiary alicyclic amines) is 1. The van der Waals surface area contributed by atoms with E-state index in [0.29, 0.717) is 12.6 Å².